The summed E-state index contributed by atoms with van der Waals surface area (Å²) in [6.07, 6.45) is -12.3. The molecule has 0 radical (unpaired) electrons. The minimum absolute atomic E-state index is 0.0281. The van der Waals surface area contributed by atoms with Crippen LogP contribution in [0.25, 0.3) is 0 Å². The standard InChI is InChI=1S/C54H94N2O19/c1-29(2)14-10-15-30(3)16-11-17-31(4)18-12-20-54(9)21-19-36-34(7)49(32(5)33(6)50(36)75-54)70-25-24-56(35(8)58)23-13-22-55-51(69)46(66)43(63)40(60)37(59)27-71-52-48(68)45(65)42(62)39(74-52)28-72-53-47(67)44(64)41(61)38(26-57)73-53/h29-31,37-48,52-53,57,59-68H,10-28H2,1-9H3,(H,55,69)/t30-,31-,37?,38-,39-,40-,41?,42-,43+,44+,45+,46-,47?,48?,52?,53?,54+/m1/s1. The van der Waals surface area contributed by atoms with Gasteiger partial charge in [0.1, 0.15) is 90.9 Å². The smallest absolute Gasteiger partial charge is 0.251 e. The van der Waals surface area contributed by atoms with Crippen LogP contribution in [0, 0.1) is 38.5 Å². The van der Waals surface area contributed by atoms with Crippen molar-refractivity contribution in [1.82, 2.24) is 10.2 Å². The topological polar surface area (TPSA) is 327 Å². The Hall–Kier alpha value is -2.84. The Kier molecular flexibility index (Phi) is 26.3. The first-order chi connectivity index (χ1) is 35.3. The number of nitrogens with one attached hydrogen (secondary N) is 1. The van der Waals surface area contributed by atoms with E-state index in [1.54, 1.807) is 4.90 Å². The van der Waals surface area contributed by atoms with Crippen molar-refractivity contribution in [1.29, 1.82) is 0 Å². The second kappa shape index (κ2) is 30.5. The molecule has 0 saturated carbocycles. The first kappa shape index (κ1) is 64.7. The highest BCUT2D eigenvalue weighted by atomic mass is 16.7. The van der Waals surface area contributed by atoms with Crippen molar-refractivity contribution in [2.24, 2.45) is 17.8 Å². The number of benzene rings is 1. The molecule has 21 heteroatoms. The van der Waals surface area contributed by atoms with Crippen molar-refractivity contribution >= 4 is 11.8 Å². The lowest BCUT2D eigenvalue weighted by atomic mass is 9.83. The second-order valence-electron chi connectivity index (χ2n) is 22.3. The maximum atomic E-state index is 12.8. The van der Waals surface area contributed by atoms with Gasteiger partial charge in [-0.1, -0.05) is 72.6 Å². The SMILES string of the molecule is CC(=O)N(CCCNC(=O)[C@H](O)[C@@H](O)[C@H](O)C(O)COC1O[C@H](COC2O[C@H](CO)C(O)[C@H](O)C2O)[C@@H](O)[C@H](O)C1O)CCOc1c(C)c(C)c2c(c1C)CC[C@](C)(CCC[C@H](C)CCC[C@H](C)CCCC(C)C)O2. The second-order valence-corrected chi connectivity index (χ2v) is 22.3. The largest absolute Gasteiger partial charge is 0.491 e. The van der Waals surface area contributed by atoms with Gasteiger partial charge in [0.15, 0.2) is 18.7 Å². The number of amides is 2. The van der Waals surface area contributed by atoms with Gasteiger partial charge in [-0.3, -0.25) is 9.59 Å². The molecule has 434 valence electrons. The molecule has 75 heavy (non-hydrogen) atoms. The maximum absolute atomic E-state index is 12.8. The highest BCUT2D eigenvalue weighted by Crippen LogP contribution is 2.45. The van der Waals surface area contributed by atoms with E-state index in [2.05, 4.69) is 53.8 Å². The predicted molar refractivity (Wildman–Crippen MR) is 274 cm³/mol. The average Bonchev–Trinajstić information content (AvgIpc) is 3.36. The van der Waals surface area contributed by atoms with Crippen molar-refractivity contribution in [2.45, 2.75) is 231 Å². The maximum Gasteiger partial charge on any atom is 0.251 e. The summed E-state index contributed by atoms with van der Waals surface area (Å²) >= 11 is 0. The van der Waals surface area contributed by atoms with E-state index in [-0.39, 0.29) is 44.2 Å². The summed E-state index contributed by atoms with van der Waals surface area (Å²) in [6, 6.07) is 0. The summed E-state index contributed by atoms with van der Waals surface area (Å²) in [7, 11) is 0. The Morgan fingerprint density at radius 3 is 1.89 bits per heavy atom. The quantitative estimate of drug-likeness (QED) is 0.0461. The van der Waals surface area contributed by atoms with Crippen molar-refractivity contribution in [3.8, 4) is 11.5 Å². The van der Waals surface area contributed by atoms with E-state index in [9.17, 15) is 65.8 Å². The van der Waals surface area contributed by atoms with Gasteiger partial charge in [0.2, 0.25) is 5.91 Å². The number of fused-ring (bicyclic) bond motifs is 1. The van der Waals surface area contributed by atoms with Crippen LogP contribution in [-0.4, -0.2) is 210 Å². The lowest BCUT2D eigenvalue weighted by Crippen LogP contribution is -2.62. The monoisotopic (exact) mass is 1070 g/mol. The number of hydrogen-bond donors (Lipinski definition) is 12. The number of ether oxygens (including phenoxy) is 6. The van der Waals surface area contributed by atoms with Crippen molar-refractivity contribution in [3.63, 3.8) is 0 Å². The molecule has 3 heterocycles. The number of aliphatic hydroxyl groups is 11. The molecule has 0 spiro atoms. The minimum Gasteiger partial charge on any atom is -0.491 e. The van der Waals surface area contributed by atoms with E-state index in [1.165, 1.54) is 51.9 Å². The van der Waals surface area contributed by atoms with Crippen LogP contribution in [0.15, 0.2) is 0 Å². The number of carbonyl (C=O) groups excluding carboxylic acids is 2. The third kappa shape index (κ3) is 18.4. The molecule has 0 aliphatic carbocycles. The van der Waals surface area contributed by atoms with E-state index in [0.29, 0.717) is 5.92 Å². The number of aliphatic hydroxyl groups excluding tert-OH is 11. The molecule has 4 rings (SSSR count). The molecule has 12 N–H and O–H groups in total. The van der Waals surface area contributed by atoms with E-state index in [1.807, 2.05) is 6.92 Å². The molecule has 2 saturated heterocycles. The summed E-state index contributed by atoms with van der Waals surface area (Å²) in [6.45, 7) is 17.6. The van der Waals surface area contributed by atoms with Gasteiger partial charge in [0.25, 0.3) is 5.91 Å². The van der Waals surface area contributed by atoms with Crippen LogP contribution in [0.4, 0.5) is 0 Å². The number of carbonyl (C=O) groups is 2. The van der Waals surface area contributed by atoms with Crippen LogP contribution in [0.2, 0.25) is 0 Å². The highest BCUT2D eigenvalue weighted by Gasteiger charge is 2.48. The van der Waals surface area contributed by atoms with Crippen LogP contribution in [0.1, 0.15) is 134 Å². The molecule has 17 atom stereocenters. The molecule has 1 aromatic carbocycles. The van der Waals surface area contributed by atoms with Crippen LogP contribution in [0.5, 0.6) is 11.5 Å². The summed E-state index contributed by atoms with van der Waals surface area (Å²) < 4.78 is 34.6. The summed E-state index contributed by atoms with van der Waals surface area (Å²) in [4.78, 5) is 27.0. The average molecular weight is 1080 g/mol. The van der Waals surface area contributed by atoms with Gasteiger partial charge in [-0.05, 0) is 94.2 Å². The first-order valence-corrected chi connectivity index (χ1v) is 27.3. The molecule has 21 nitrogen and oxygen atoms in total. The zero-order valence-corrected chi connectivity index (χ0v) is 45.9. The van der Waals surface area contributed by atoms with Crippen molar-refractivity contribution in [2.75, 3.05) is 46.1 Å². The number of nitrogens with zero attached hydrogens (tertiary/aromatic N) is 1. The van der Waals surface area contributed by atoms with Crippen molar-refractivity contribution in [3.05, 3.63) is 22.3 Å². The first-order valence-electron chi connectivity index (χ1n) is 27.3. The van der Waals surface area contributed by atoms with Crippen LogP contribution >= 0.6 is 0 Å². The molecule has 0 aromatic heterocycles. The number of rotatable bonds is 31. The lowest BCUT2D eigenvalue weighted by Gasteiger charge is -2.42. The van der Waals surface area contributed by atoms with Gasteiger partial charge in [0, 0.05) is 25.6 Å². The van der Waals surface area contributed by atoms with Crippen LogP contribution < -0.4 is 14.8 Å². The molecule has 0 bridgehead atoms. The normalized spacial score (nSPS) is 29.4. The fourth-order valence-corrected chi connectivity index (χ4v) is 10.2. The minimum atomic E-state index is -2.23. The van der Waals surface area contributed by atoms with Crippen LogP contribution in [0.3, 0.4) is 0 Å². The Labute approximate surface area is 443 Å². The molecule has 3 aliphatic heterocycles. The van der Waals surface area contributed by atoms with Gasteiger partial charge >= 0.3 is 0 Å². The van der Waals surface area contributed by atoms with E-state index in [4.69, 9.17) is 28.4 Å². The zero-order chi connectivity index (χ0) is 55.9. The Morgan fingerprint density at radius 2 is 1.29 bits per heavy atom. The Bertz CT molecular complexity index is 1890. The Morgan fingerprint density at radius 1 is 0.720 bits per heavy atom. The summed E-state index contributed by atoms with van der Waals surface area (Å²) in [5, 5.41) is 116. The zero-order valence-electron chi connectivity index (χ0n) is 45.9. The summed E-state index contributed by atoms with van der Waals surface area (Å²) in [5.41, 5.74) is 3.96. The molecule has 3 aliphatic rings. The number of hydrogen-bond acceptors (Lipinski definition) is 19. The van der Waals surface area contributed by atoms with Gasteiger partial charge in [-0.2, -0.15) is 0 Å². The van der Waals surface area contributed by atoms with Crippen LogP contribution in [-0.2, 0) is 35.0 Å². The molecular weight excluding hydrogens is 981 g/mol. The Balaban J connectivity index is 1.17. The molecular formula is C54H94N2O19. The molecule has 2 amide bonds. The fourth-order valence-electron chi connectivity index (χ4n) is 10.2. The van der Waals surface area contributed by atoms with E-state index < -0.39 is 112 Å². The van der Waals surface area contributed by atoms with E-state index in [0.717, 1.165) is 71.3 Å². The van der Waals surface area contributed by atoms with E-state index >= 15 is 0 Å². The van der Waals surface area contributed by atoms with Gasteiger partial charge in [-0.25, -0.2) is 0 Å². The third-order valence-electron chi connectivity index (χ3n) is 15.5. The lowest BCUT2D eigenvalue weighted by molar-refractivity contribution is -0.333. The third-order valence-corrected chi connectivity index (χ3v) is 15.5. The summed E-state index contributed by atoms with van der Waals surface area (Å²) in [5.74, 6) is 2.70. The van der Waals surface area contributed by atoms with Gasteiger partial charge in [-0.15, -0.1) is 0 Å². The van der Waals surface area contributed by atoms with Crippen molar-refractivity contribution < 1.29 is 94.2 Å². The molecule has 2 fully saturated rings. The molecule has 1 aromatic rings. The van der Waals surface area contributed by atoms with Gasteiger partial charge < -0.3 is 94.8 Å². The molecule has 6 unspecified atom stereocenters. The van der Waals surface area contributed by atoms with Gasteiger partial charge in [0.05, 0.1) is 26.4 Å². The highest BCUT2D eigenvalue weighted by molar-refractivity contribution is 5.81. The fraction of sp³-hybridized carbons (Fsp3) is 0.852. The predicted octanol–water partition coefficient (Wildman–Crippen LogP) is 0.953.